The van der Waals surface area contributed by atoms with Crippen molar-refractivity contribution in [3.8, 4) is 5.75 Å². The van der Waals surface area contributed by atoms with Gasteiger partial charge in [-0.2, -0.15) is 0 Å². The molecule has 1 aliphatic rings. The van der Waals surface area contributed by atoms with Gasteiger partial charge in [0.2, 0.25) is 17.7 Å². The van der Waals surface area contributed by atoms with E-state index in [2.05, 4.69) is 16.0 Å². The first-order valence-corrected chi connectivity index (χ1v) is 13.1. The van der Waals surface area contributed by atoms with E-state index >= 15 is 0 Å². The molecule has 40 heavy (non-hydrogen) atoms. The largest absolute Gasteiger partial charge is 0.491 e. The third kappa shape index (κ3) is 7.81. The number of carbonyl (C=O) groups is 5. The number of aliphatic carboxylic acids is 1. The standard InChI is InChI=1S/C29H36N4O7/c1-17(2)25-28(37)30-18(3)16-40-23-13-9-8-12-20(23)26(35)31-21(29(38)39)15-24(34)33(4)22(27(36)32-25)14-19-10-6-5-7-11-19/h5-13,17-18,21-22,25H,14-16H2,1-4H3,(H,30,37)(H,31,35)(H,32,36)(H,38,39)/t18-,21-,22-,25+/m0/s1. The summed E-state index contributed by atoms with van der Waals surface area (Å²) in [4.78, 5) is 66.4. The number of carboxylic acid groups (broad SMARTS) is 1. The van der Waals surface area contributed by atoms with Gasteiger partial charge in [-0.3, -0.25) is 19.2 Å². The van der Waals surface area contributed by atoms with E-state index in [1.54, 1.807) is 63.2 Å². The van der Waals surface area contributed by atoms with Crippen LogP contribution in [0.1, 0.15) is 43.1 Å². The number of carboxylic acids is 1. The van der Waals surface area contributed by atoms with E-state index < -0.39 is 60.2 Å². The minimum atomic E-state index is -1.56. The maximum Gasteiger partial charge on any atom is 0.326 e. The van der Waals surface area contributed by atoms with Gasteiger partial charge in [0.15, 0.2) is 0 Å². The topological polar surface area (TPSA) is 154 Å². The number of hydrogen-bond acceptors (Lipinski definition) is 6. The number of nitrogens with zero attached hydrogens (tertiary/aromatic N) is 1. The number of ether oxygens (including phenoxy) is 1. The van der Waals surface area contributed by atoms with Crippen LogP contribution in [0, 0.1) is 5.92 Å². The first-order valence-electron chi connectivity index (χ1n) is 13.1. The Hall–Kier alpha value is -4.41. The molecule has 0 saturated heterocycles. The first kappa shape index (κ1) is 30.1. The maximum absolute atomic E-state index is 13.6. The number of para-hydroxylation sites is 1. The van der Waals surface area contributed by atoms with Gasteiger partial charge in [-0.15, -0.1) is 0 Å². The van der Waals surface area contributed by atoms with E-state index in [1.807, 2.05) is 6.07 Å². The number of hydrogen-bond donors (Lipinski definition) is 4. The van der Waals surface area contributed by atoms with E-state index in [1.165, 1.54) is 13.1 Å². The summed E-state index contributed by atoms with van der Waals surface area (Å²) in [5.74, 6) is -3.89. The van der Waals surface area contributed by atoms with Crippen LogP contribution in [0.5, 0.6) is 5.75 Å². The van der Waals surface area contributed by atoms with Gasteiger partial charge in [0, 0.05) is 13.5 Å². The average Bonchev–Trinajstić information content (AvgIpc) is 2.92. The fraction of sp³-hybridized carbons (Fsp3) is 0.414. The summed E-state index contributed by atoms with van der Waals surface area (Å²) in [5.41, 5.74) is 0.848. The van der Waals surface area contributed by atoms with Gasteiger partial charge in [-0.25, -0.2) is 4.79 Å². The molecule has 0 saturated carbocycles. The highest BCUT2D eigenvalue weighted by Crippen LogP contribution is 2.19. The summed E-state index contributed by atoms with van der Waals surface area (Å²) in [6.45, 7) is 5.31. The van der Waals surface area contributed by atoms with Crippen molar-refractivity contribution >= 4 is 29.6 Å². The van der Waals surface area contributed by atoms with Crippen molar-refractivity contribution < 1.29 is 33.8 Å². The molecular weight excluding hydrogens is 516 g/mol. The van der Waals surface area contributed by atoms with Gasteiger partial charge in [-0.05, 0) is 30.5 Å². The van der Waals surface area contributed by atoms with Crippen molar-refractivity contribution in [2.24, 2.45) is 5.92 Å². The molecular formula is C29H36N4O7. The second-order valence-corrected chi connectivity index (χ2v) is 10.2. The molecule has 11 nitrogen and oxygen atoms in total. The number of benzene rings is 2. The smallest absolute Gasteiger partial charge is 0.326 e. The van der Waals surface area contributed by atoms with E-state index in [-0.39, 0.29) is 30.3 Å². The van der Waals surface area contributed by atoms with Crippen LogP contribution in [-0.4, -0.2) is 77.4 Å². The van der Waals surface area contributed by atoms with Crippen molar-refractivity contribution in [1.82, 2.24) is 20.9 Å². The van der Waals surface area contributed by atoms with Gasteiger partial charge in [0.1, 0.15) is 30.5 Å². The first-order chi connectivity index (χ1) is 19.0. The van der Waals surface area contributed by atoms with Gasteiger partial charge in [-0.1, -0.05) is 56.3 Å². The Morgan fingerprint density at radius 3 is 2.27 bits per heavy atom. The number of amides is 4. The van der Waals surface area contributed by atoms with Gasteiger partial charge in [0.25, 0.3) is 5.91 Å². The molecule has 3 rings (SSSR count). The van der Waals surface area contributed by atoms with Crippen LogP contribution in [0.4, 0.5) is 0 Å². The van der Waals surface area contributed by atoms with Crippen molar-refractivity contribution in [2.45, 2.75) is 57.8 Å². The van der Waals surface area contributed by atoms with Gasteiger partial charge < -0.3 is 30.7 Å². The summed E-state index contributed by atoms with van der Waals surface area (Å²) < 4.78 is 5.79. The van der Waals surface area contributed by atoms with Crippen molar-refractivity contribution in [3.05, 3.63) is 65.7 Å². The zero-order chi connectivity index (χ0) is 29.4. The monoisotopic (exact) mass is 552 g/mol. The minimum Gasteiger partial charge on any atom is -0.491 e. The number of fused-ring (bicyclic) bond motifs is 1. The predicted octanol–water partition coefficient (Wildman–Crippen LogP) is 1.37. The normalized spacial score (nSPS) is 23.3. The van der Waals surface area contributed by atoms with Crippen LogP contribution in [-0.2, 0) is 25.6 Å². The molecule has 214 valence electrons. The summed E-state index contributed by atoms with van der Waals surface area (Å²) in [7, 11) is 1.40. The molecule has 1 heterocycles. The van der Waals surface area contributed by atoms with Crippen molar-refractivity contribution in [1.29, 1.82) is 0 Å². The number of nitrogens with one attached hydrogen (secondary N) is 3. The lowest BCUT2D eigenvalue weighted by Crippen LogP contribution is -2.57. The van der Waals surface area contributed by atoms with E-state index in [9.17, 15) is 29.1 Å². The Bertz CT molecular complexity index is 1230. The molecule has 0 aromatic heterocycles. The van der Waals surface area contributed by atoms with Gasteiger partial charge >= 0.3 is 5.97 Å². The van der Waals surface area contributed by atoms with Crippen LogP contribution in [0.2, 0.25) is 0 Å². The molecule has 0 fully saturated rings. The Kier molecular flexibility index (Phi) is 10.2. The van der Waals surface area contributed by atoms with Gasteiger partial charge in [0.05, 0.1) is 18.0 Å². The number of carbonyl (C=O) groups excluding carboxylic acids is 4. The molecule has 4 amide bonds. The Labute approximate surface area is 233 Å². The summed E-state index contributed by atoms with van der Waals surface area (Å²) >= 11 is 0. The second-order valence-electron chi connectivity index (χ2n) is 10.2. The predicted molar refractivity (Wildman–Crippen MR) is 147 cm³/mol. The van der Waals surface area contributed by atoms with E-state index in [0.717, 1.165) is 10.5 Å². The van der Waals surface area contributed by atoms with E-state index in [4.69, 9.17) is 4.74 Å². The van der Waals surface area contributed by atoms with E-state index in [0.29, 0.717) is 0 Å². The summed E-state index contributed by atoms with van der Waals surface area (Å²) in [6, 6.07) is 11.3. The minimum absolute atomic E-state index is 0.00894. The lowest BCUT2D eigenvalue weighted by atomic mass is 9.99. The molecule has 2 aromatic carbocycles. The Balaban J connectivity index is 2.01. The Morgan fingerprint density at radius 2 is 1.62 bits per heavy atom. The van der Waals surface area contributed by atoms with Crippen molar-refractivity contribution in [2.75, 3.05) is 13.7 Å². The molecule has 0 radical (unpaired) electrons. The van der Waals surface area contributed by atoms with Crippen LogP contribution < -0.4 is 20.7 Å². The molecule has 0 spiro atoms. The Morgan fingerprint density at radius 1 is 0.975 bits per heavy atom. The molecule has 0 bridgehead atoms. The molecule has 2 aromatic rings. The molecule has 1 aliphatic heterocycles. The zero-order valence-electron chi connectivity index (χ0n) is 23.0. The third-order valence-corrected chi connectivity index (χ3v) is 6.67. The molecule has 0 aliphatic carbocycles. The molecule has 4 N–H and O–H groups in total. The lowest BCUT2D eigenvalue weighted by molar-refractivity contribution is -0.145. The van der Waals surface area contributed by atoms with Crippen LogP contribution in [0.25, 0.3) is 0 Å². The molecule has 0 unspecified atom stereocenters. The van der Waals surface area contributed by atoms with Crippen LogP contribution in [0.3, 0.4) is 0 Å². The molecule has 11 heteroatoms. The van der Waals surface area contributed by atoms with Crippen LogP contribution in [0.15, 0.2) is 54.6 Å². The second kappa shape index (κ2) is 13.6. The van der Waals surface area contributed by atoms with Crippen LogP contribution >= 0.6 is 0 Å². The fourth-order valence-corrected chi connectivity index (χ4v) is 4.32. The zero-order valence-corrected chi connectivity index (χ0v) is 23.0. The highest BCUT2D eigenvalue weighted by atomic mass is 16.5. The maximum atomic E-state index is 13.6. The number of likely N-dealkylation sites (N-methyl/N-ethyl adjacent to an activating group) is 1. The highest BCUT2D eigenvalue weighted by Gasteiger charge is 2.34. The number of rotatable bonds is 4. The summed E-state index contributed by atoms with van der Waals surface area (Å²) in [5, 5.41) is 17.8. The van der Waals surface area contributed by atoms with Crippen molar-refractivity contribution in [3.63, 3.8) is 0 Å². The average molecular weight is 553 g/mol. The molecule has 4 atom stereocenters. The highest BCUT2D eigenvalue weighted by molar-refractivity contribution is 6.00. The quantitative estimate of drug-likeness (QED) is 0.447. The third-order valence-electron chi connectivity index (χ3n) is 6.67. The lowest BCUT2D eigenvalue weighted by Gasteiger charge is -2.31. The SMILES string of the molecule is CC(C)[C@H]1NC(=O)[C@H](Cc2ccccc2)N(C)C(=O)C[C@@H](C(=O)O)NC(=O)c2ccccc2OC[C@H](C)NC1=O. The fourth-order valence-electron chi connectivity index (χ4n) is 4.32. The summed E-state index contributed by atoms with van der Waals surface area (Å²) in [6.07, 6.45) is -0.465.